The lowest BCUT2D eigenvalue weighted by molar-refractivity contribution is -0.132. The Morgan fingerprint density at radius 2 is 2.06 bits per heavy atom. The molecule has 1 aliphatic carbocycles. The number of aryl methyl sites for hydroxylation is 2. The van der Waals surface area contributed by atoms with Gasteiger partial charge in [0.2, 0.25) is 0 Å². The van der Waals surface area contributed by atoms with Gasteiger partial charge in [-0.25, -0.2) is 4.79 Å². The van der Waals surface area contributed by atoms with Crippen LogP contribution in [-0.2, 0) is 17.6 Å². The maximum atomic E-state index is 10.6. The molecule has 2 rings (SSSR count). The van der Waals surface area contributed by atoms with E-state index in [2.05, 4.69) is 12.1 Å². The third-order valence-electron chi connectivity index (χ3n) is 3.30. The molecule has 0 radical (unpaired) electrons. The summed E-state index contributed by atoms with van der Waals surface area (Å²) in [5.74, 6) is -0.0749. The summed E-state index contributed by atoms with van der Waals surface area (Å²) >= 11 is 0. The summed E-state index contributed by atoms with van der Waals surface area (Å²) in [6.45, 7) is 1.87. The third-order valence-corrected chi connectivity index (χ3v) is 3.30. The summed E-state index contributed by atoms with van der Waals surface area (Å²) in [6, 6.07) is 6.17. The number of ether oxygens (including phenoxy) is 1. The smallest absolute Gasteiger partial charge is 0.331 e. The number of aliphatic carboxylic acids is 1. The molecule has 0 aliphatic heterocycles. The van der Waals surface area contributed by atoms with Gasteiger partial charge in [0.25, 0.3) is 0 Å². The predicted octanol–water partition coefficient (Wildman–Crippen LogP) is 2.98. The highest BCUT2D eigenvalue weighted by molar-refractivity contribution is 5.85. The van der Waals surface area contributed by atoms with Crippen LogP contribution in [0.3, 0.4) is 0 Å². The first-order chi connectivity index (χ1) is 8.66. The summed E-state index contributed by atoms with van der Waals surface area (Å²) < 4.78 is 5.55. The summed E-state index contributed by atoms with van der Waals surface area (Å²) in [6.07, 6.45) is 6.38. The minimum absolute atomic E-state index is 0.302. The van der Waals surface area contributed by atoms with E-state index in [-0.39, 0.29) is 0 Å². The molecule has 1 N–H and O–H groups in total. The Morgan fingerprint density at radius 3 is 2.78 bits per heavy atom. The van der Waals surface area contributed by atoms with E-state index in [4.69, 9.17) is 9.84 Å². The van der Waals surface area contributed by atoms with E-state index in [1.165, 1.54) is 24.0 Å². The second kappa shape index (κ2) is 5.71. The normalized spacial score (nSPS) is 15.1. The first-order valence-electron chi connectivity index (χ1n) is 6.31. The molecule has 1 aromatic carbocycles. The Labute approximate surface area is 107 Å². The molecule has 1 aromatic rings. The SMILES string of the molecule is CC(=CCOc1ccc2c(c1)CCCC2)C(=O)O. The number of carboxylic acids is 1. The Hall–Kier alpha value is -1.77. The lowest BCUT2D eigenvalue weighted by Gasteiger charge is -2.16. The number of rotatable bonds is 4. The number of hydrogen-bond acceptors (Lipinski definition) is 2. The molecule has 0 fully saturated rings. The largest absolute Gasteiger partial charge is 0.490 e. The van der Waals surface area contributed by atoms with Gasteiger partial charge in [0.1, 0.15) is 12.4 Å². The van der Waals surface area contributed by atoms with Crippen molar-refractivity contribution >= 4 is 5.97 Å². The molecule has 3 heteroatoms. The fraction of sp³-hybridized carbons (Fsp3) is 0.400. The van der Waals surface area contributed by atoms with Crippen molar-refractivity contribution in [3.63, 3.8) is 0 Å². The van der Waals surface area contributed by atoms with Crippen LogP contribution in [-0.4, -0.2) is 17.7 Å². The van der Waals surface area contributed by atoms with Crippen molar-refractivity contribution < 1.29 is 14.6 Å². The Balaban J connectivity index is 1.98. The molecular weight excluding hydrogens is 228 g/mol. The van der Waals surface area contributed by atoms with Crippen LogP contribution in [0, 0.1) is 0 Å². The van der Waals surface area contributed by atoms with Gasteiger partial charge in [0, 0.05) is 5.57 Å². The number of hydrogen-bond donors (Lipinski definition) is 1. The zero-order chi connectivity index (χ0) is 13.0. The van der Waals surface area contributed by atoms with Crippen LogP contribution in [0.1, 0.15) is 30.9 Å². The second-order valence-corrected chi connectivity index (χ2v) is 4.64. The van der Waals surface area contributed by atoms with Gasteiger partial charge in [-0.05, 0) is 61.9 Å². The highest BCUT2D eigenvalue weighted by Gasteiger charge is 2.09. The van der Waals surface area contributed by atoms with Gasteiger partial charge in [0.15, 0.2) is 0 Å². The quantitative estimate of drug-likeness (QED) is 0.831. The average Bonchev–Trinajstić information content (AvgIpc) is 2.38. The molecule has 1 aliphatic rings. The molecule has 0 saturated heterocycles. The van der Waals surface area contributed by atoms with E-state index in [9.17, 15) is 4.79 Å². The highest BCUT2D eigenvalue weighted by Crippen LogP contribution is 2.25. The second-order valence-electron chi connectivity index (χ2n) is 4.64. The topological polar surface area (TPSA) is 46.5 Å². The monoisotopic (exact) mass is 246 g/mol. The Bertz CT molecular complexity index is 475. The van der Waals surface area contributed by atoms with Gasteiger partial charge < -0.3 is 9.84 Å². The van der Waals surface area contributed by atoms with Gasteiger partial charge in [-0.15, -0.1) is 0 Å². The summed E-state index contributed by atoms with van der Waals surface area (Å²) in [7, 11) is 0. The highest BCUT2D eigenvalue weighted by atomic mass is 16.5. The molecule has 96 valence electrons. The van der Waals surface area contributed by atoms with E-state index in [1.54, 1.807) is 13.0 Å². The first-order valence-corrected chi connectivity index (χ1v) is 6.31. The van der Waals surface area contributed by atoms with Crippen LogP contribution in [0.4, 0.5) is 0 Å². The molecular formula is C15H18O3. The van der Waals surface area contributed by atoms with Crippen molar-refractivity contribution in [3.05, 3.63) is 41.0 Å². The molecule has 0 unspecified atom stereocenters. The summed E-state index contributed by atoms with van der Waals surface area (Å²) in [5, 5.41) is 8.71. The fourth-order valence-corrected chi connectivity index (χ4v) is 2.15. The number of carboxylic acid groups (broad SMARTS) is 1. The minimum Gasteiger partial charge on any atom is -0.490 e. The van der Waals surface area contributed by atoms with E-state index < -0.39 is 5.97 Å². The summed E-state index contributed by atoms with van der Waals surface area (Å²) in [4.78, 5) is 10.6. The molecule has 0 heterocycles. The van der Waals surface area contributed by atoms with Gasteiger partial charge in [-0.3, -0.25) is 0 Å². The van der Waals surface area contributed by atoms with E-state index in [0.717, 1.165) is 18.6 Å². The lowest BCUT2D eigenvalue weighted by atomic mass is 9.92. The third kappa shape index (κ3) is 3.13. The van der Waals surface area contributed by atoms with Gasteiger partial charge in [-0.1, -0.05) is 6.07 Å². The average molecular weight is 246 g/mol. The van der Waals surface area contributed by atoms with Gasteiger partial charge >= 0.3 is 5.97 Å². The van der Waals surface area contributed by atoms with Gasteiger partial charge in [0.05, 0.1) is 0 Å². The molecule has 18 heavy (non-hydrogen) atoms. The van der Waals surface area contributed by atoms with E-state index in [0.29, 0.717) is 12.2 Å². The molecule has 0 atom stereocenters. The van der Waals surface area contributed by atoms with Crippen LogP contribution < -0.4 is 4.74 Å². The van der Waals surface area contributed by atoms with Crippen LogP contribution in [0.2, 0.25) is 0 Å². The van der Waals surface area contributed by atoms with Crippen molar-refractivity contribution in [1.82, 2.24) is 0 Å². The maximum absolute atomic E-state index is 10.6. The van der Waals surface area contributed by atoms with Crippen molar-refractivity contribution in [2.75, 3.05) is 6.61 Å². The number of fused-ring (bicyclic) bond motifs is 1. The van der Waals surface area contributed by atoms with Crippen molar-refractivity contribution in [2.45, 2.75) is 32.6 Å². The Kier molecular flexibility index (Phi) is 4.03. The lowest BCUT2D eigenvalue weighted by Crippen LogP contribution is -2.04. The van der Waals surface area contributed by atoms with Crippen LogP contribution in [0.5, 0.6) is 5.75 Å². The van der Waals surface area contributed by atoms with Crippen LogP contribution in [0.15, 0.2) is 29.8 Å². The molecule has 0 bridgehead atoms. The van der Waals surface area contributed by atoms with Crippen molar-refractivity contribution in [1.29, 1.82) is 0 Å². The van der Waals surface area contributed by atoms with Crippen LogP contribution in [0.25, 0.3) is 0 Å². The first kappa shape index (κ1) is 12.7. The summed E-state index contributed by atoms with van der Waals surface area (Å²) in [5.41, 5.74) is 3.11. The predicted molar refractivity (Wildman–Crippen MR) is 70.0 cm³/mol. The maximum Gasteiger partial charge on any atom is 0.331 e. The van der Waals surface area contributed by atoms with Crippen molar-refractivity contribution in [2.24, 2.45) is 0 Å². The fourth-order valence-electron chi connectivity index (χ4n) is 2.15. The molecule has 0 amide bonds. The van der Waals surface area contributed by atoms with E-state index >= 15 is 0 Å². The molecule has 3 nitrogen and oxygen atoms in total. The molecule has 0 saturated carbocycles. The number of carbonyl (C=O) groups is 1. The standard InChI is InChI=1S/C15H18O3/c1-11(15(16)17)8-9-18-14-7-6-12-4-2-3-5-13(12)10-14/h6-8,10H,2-5,9H2,1H3,(H,16,17). The molecule has 0 spiro atoms. The zero-order valence-corrected chi connectivity index (χ0v) is 10.6. The van der Waals surface area contributed by atoms with Crippen LogP contribution >= 0.6 is 0 Å². The Morgan fingerprint density at radius 1 is 1.33 bits per heavy atom. The zero-order valence-electron chi connectivity index (χ0n) is 10.6. The van der Waals surface area contributed by atoms with E-state index in [1.807, 2.05) is 6.07 Å². The number of benzene rings is 1. The van der Waals surface area contributed by atoms with Crippen molar-refractivity contribution in [3.8, 4) is 5.75 Å². The minimum atomic E-state index is -0.899. The van der Waals surface area contributed by atoms with Gasteiger partial charge in [-0.2, -0.15) is 0 Å². The molecule has 0 aromatic heterocycles.